The highest BCUT2D eigenvalue weighted by atomic mass is 127. The molecule has 1 unspecified atom stereocenters. The van der Waals surface area contributed by atoms with Gasteiger partial charge in [0.1, 0.15) is 5.92 Å². The summed E-state index contributed by atoms with van der Waals surface area (Å²) < 4.78 is 6.65. The maximum Gasteiger partial charge on any atom is 0.315 e. The normalized spacial score (nSPS) is 22.7. The first-order chi connectivity index (χ1) is 12.5. The van der Waals surface area contributed by atoms with Crippen LogP contribution in [0.3, 0.4) is 0 Å². The van der Waals surface area contributed by atoms with E-state index >= 15 is 0 Å². The Morgan fingerprint density at radius 1 is 1.27 bits per heavy atom. The van der Waals surface area contributed by atoms with Crippen LogP contribution in [0.1, 0.15) is 57.4 Å². The lowest BCUT2D eigenvalue weighted by molar-refractivity contribution is -0.146. The lowest BCUT2D eigenvalue weighted by Crippen LogP contribution is -2.37. The van der Waals surface area contributed by atoms with Crippen molar-refractivity contribution in [3.63, 3.8) is 0 Å². The van der Waals surface area contributed by atoms with E-state index in [-0.39, 0.29) is 17.7 Å². The predicted octanol–water partition coefficient (Wildman–Crippen LogP) is 4.82. The number of allylic oxidation sites excluding steroid dienone is 2. The number of nitrogens with zero attached hydrogens (tertiary/aromatic N) is 1. The molecule has 1 aliphatic carbocycles. The molecule has 1 aromatic carbocycles. The molecule has 5 heteroatoms. The molecule has 1 aliphatic heterocycles. The van der Waals surface area contributed by atoms with Crippen molar-refractivity contribution in [2.45, 2.75) is 51.9 Å². The van der Waals surface area contributed by atoms with Crippen molar-refractivity contribution in [1.29, 1.82) is 0 Å². The summed E-state index contributed by atoms with van der Waals surface area (Å²) in [6.45, 7) is 4.36. The third-order valence-corrected chi connectivity index (χ3v) is 5.78. The van der Waals surface area contributed by atoms with Crippen LogP contribution in [0.25, 0.3) is 0 Å². The maximum absolute atomic E-state index is 12.9. The van der Waals surface area contributed by atoms with Crippen LogP contribution in [-0.4, -0.2) is 24.1 Å². The van der Waals surface area contributed by atoms with Crippen molar-refractivity contribution in [1.82, 2.24) is 0 Å². The number of halogens is 1. The zero-order chi connectivity index (χ0) is 18.7. The van der Waals surface area contributed by atoms with E-state index < -0.39 is 5.92 Å². The number of Topliss-reactive ketones (excluding diaryl/α,β-unsaturated/α-hetero) is 1. The predicted molar refractivity (Wildman–Crippen MR) is 110 cm³/mol. The third kappa shape index (κ3) is 3.92. The summed E-state index contributed by atoms with van der Waals surface area (Å²) in [4.78, 5) is 30.3. The van der Waals surface area contributed by atoms with Gasteiger partial charge in [0.2, 0.25) is 0 Å². The van der Waals surface area contributed by atoms with Crippen molar-refractivity contribution in [3.05, 3.63) is 44.7 Å². The van der Waals surface area contributed by atoms with Crippen LogP contribution in [0.5, 0.6) is 0 Å². The molecule has 0 spiro atoms. The molecule has 2 atom stereocenters. The van der Waals surface area contributed by atoms with Crippen LogP contribution >= 0.6 is 22.6 Å². The molecule has 3 rings (SSSR count). The molecule has 0 fully saturated rings. The largest absolute Gasteiger partial charge is 0.465 e. The fourth-order valence-electron chi connectivity index (χ4n) is 3.75. The first-order valence-electron chi connectivity index (χ1n) is 9.26. The number of aliphatic imine (C=N–C) groups is 1. The smallest absolute Gasteiger partial charge is 0.315 e. The molecule has 26 heavy (non-hydrogen) atoms. The summed E-state index contributed by atoms with van der Waals surface area (Å²) in [5.41, 5.74) is 3.32. The molecule has 0 radical (unpaired) electrons. The highest BCUT2D eigenvalue weighted by Gasteiger charge is 2.43. The molecule has 138 valence electrons. The van der Waals surface area contributed by atoms with Crippen molar-refractivity contribution in [2.75, 3.05) is 6.61 Å². The van der Waals surface area contributed by atoms with Crippen LogP contribution in [-0.2, 0) is 14.3 Å². The SMILES string of the molecule is CCCCOC(=O)C1C(C)=NC2=C(C(=O)CCC2)[C@H]1c1ccc(I)cc1. The third-order valence-electron chi connectivity index (χ3n) is 5.06. The number of benzene rings is 1. The first-order valence-corrected chi connectivity index (χ1v) is 10.3. The Labute approximate surface area is 168 Å². The van der Waals surface area contributed by atoms with Crippen LogP contribution in [0, 0.1) is 9.49 Å². The van der Waals surface area contributed by atoms with Gasteiger partial charge in [-0.25, -0.2) is 0 Å². The van der Waals surface area contributed by atoms with E-state index in [1.54, 1.807) is 0 Å². The molecule has 0 amide bonds. The van der Waals surface area contributed by atoms with Crippen LogP contribution in [0.15, 0.2) is 40.5 Å². The molecule has 0 saturated heterocycles. The van der Waals surface area contributed by atoms with Crippen LogP contribution < -0.4 is 0 Å². The molecule has 1 heterocycles. The average molecular weight is 465 g/mol. The Morgan fingerprint density at radius 2 is 2.00 bits per heavy atom. The van der Waals surface area contributed by atoms with Gasteiger partial charge in [0.15, 0.2) is 5.78 Å². The Bertz CT molecular complexity index is 764. The van der Waals surface area contributed by atoms with Gasteiger partial charge in [-0.15, -0.1) is 0 Å². The molecule has 1 aromatic rings. The Balaban J connectivity index is 2.02. The van der Waals surface area contributed by atoms with E-state index in [1.165, 1.54) is 0 Å². The highest BCUT2D eigenvalue weighted by Crippen LogP contribution is 2.43. The van der Waals surface area contributed by atoms with Crippen molar-refractivity contribution in [3.8, 4) is 0 Å². The summed E-state index contributed by atoms with van der Waals surface area (Å²) >= 11 is 2.26. The summed E-state index contributed by atoms with van der Waals surface area (Å²) in [6, 6.07) is 8.07. The number of carbonyl (C=O) groups is 2. The second-order valence-electron chi connectivity index (χ2n) is 6.92. The van der Waals surface area contributed by atoms with Gasteiger partial charge >= 0.3 is 5.97 Å². The van der Waals surface area contributed by atoms with Crippen molar-refractivity contribution < 1.29 is 14.3 Å². The van der Waals surface area contributed by atoms with E-state index in [1.807, 2.05) is 31.2 Å². The monoisotopic (exact) mass is 465 g/mol. The van der Waals surface area contributed by atoms with E-state index in [2.05, 4.69) is 34.5 Å². The number of unbranched alkanes of at least 4 members (excludes halogenated alkanes) is 1. The van der Waals surface area contributed by atoms with Gasteiger partial charge in [0.25, 0.3) is 0 Å². The molecular weight excluding hydrogens is 441 g/mol. The molecule has 2 aliphatic rings. The molecule has 0 N–H and O–H groups in total. The van der Waals surface area contributed by atoms with Gasteiger partial charge in [0, 0.05) is 32.9 Å². The number of esters is 1. The fourth-order valence-corrected chi connectivity index (χ4v) is 4.11. The molecular formula is C21H24INO3. The standard InChI is InChI=1S/C21H24INO3/c1-3-4-12-26-21(25)18-13(2)23-16-6-5-7-17(24)20(16)19(18)14-8-10-15(22)11-9-14/h8-11,18-19H,3-7,12H2,1-2H3/t18?,19-/m0/s1. The quantitative estimate of drug-likeness (QED) is 0.356. The van der Waals surface area contributed by atoms with Crippen molar-refractivity contribution >= 4 is 40.1 Å². The number of hydrogen-bond acceptors (Lipinski definition) is 4. The summed E-state index contributed by atoms with van der Waals surface area (Å²) in [5.74, 6) is -0.959. The minimum Gasteiger partial charge on any atom is -0.465 e. The molecule has 4 nitrogen and oxygen atoms in total. The highest BCUT2D eigenvalue weighted by molar-refractivity contribution is 14.1. The van der Waals surface area contributed by atoms with E-state index in [0.29, 0.717) is 13.0 Å². The van der Waals surface area contributed by atoms with E-state index in [9.17, 15) is 9.59 Å². The lowest BCUT2D eigenvalue weighted by atomic mass is 9.72. The zero-order valence-corrected chi connectivity index (χ0v) is 17.4. The molecule has 0 bridgehead atoms. The minimum atomic E-state index is -0.521. The zero-order valence-electron chi connectivity index (χ0n) is 15.3. The van der Waals surface area contributed by atoms with Gasteiger partial charge in [-0.2, -0.15) is 0 Å². The van der Waals surface area contributed by atoms with Gasteiger partial charge in [-0.1, -0.05) is 25.5 Å². The Hall–Kier alpha value is -1.50. The summed E-state index contributed by atoms with van der Waals surface area (Å²) in [7, 11) is 0. The topological polar surface area (TPSA) is 55.7 Å². The average Bonchev–Trinajstić information content (AvgIpc) is 2.61. The fraction of sp³-hybridized carbons (Fsp3) is 0.476. The van der Waals surface area contributed by atoms with E-state index in [4.69, 9.17) is 4.74 Å². The number of ketones is 1. The van der Waals surface area contributed by atoms with Gasteiger partial charge in [0.05, 0.1) is 6.61 Å². The lowest BCUT2D eigenvalue weighted by Gasteiger charge is -2.34. The number of hydrogen-bond donors (Lipinski definition) is 0. The van der Waals surface area contributed by atoms with Crippen molar-refractivity contribution in [2.24, 2.45) is 10.9 Å². The second-order valence-corrected chi connectivity index (χ2v) is 8.16. The first kappa shape index (κ1) is 19.3. The minimum absolute atomic E-state index is 0.123. The van der Waals surface area contributed by atoms with Gasteiger partial charge < -0.3 is 4.74 Å². The Kier molecular flexibility index (Phi) is 6.27. The second kappa shape index (κ2) is 8.46. The number of ether oxygens (including phenoxy) is 1. The van der Waals surface area contributed by atoms with Crippen LogP contribution in [0.4, 0.5) is 0 Å². The van der Waals surface area contributed by atoms with Gasteiger partial charge in [-0.3, -0.25) is 14.6 Å². The molecule has 0 saturated carbocycles. The molecule has 0 aromatic heterocycles. The summed E-state index contributed by atoms with van der Waals surface area (Å²) in [6.07, 6.45) is 3.98. The van der Waals surface area contributed by atoms with E-state index in [0.717, 1.165) is 51.8 Å². The van der Waals surface area contributed by atoms with Gasteiger partial charge in [-0.05, 0) is 66.5 Å². The maximum atomic E-state index is 12.9. The number of rotatable bonds is 5. The number of carbonyl (C=O) groups excluding carboxylic acids is 2. The summed E-state index contributed by atoms with van der Waals surface area (Å²) in [5, 5.41) is 0. The van der Waals surface area contributed by atoms with Crippen LogP contribution in [0.2, 0.25) is 0 Å². The Morgan fingerprint density at radius 3 is 2.69 bits per heavy atom.